The molecule has 0 aliphatic rings. The molecule has 0 fully saturated rings. The third-order valence-electron chi connectivity index (χ3n) is 10.8. The van der Waals surface area contributed by atoms with Crippen molar-refractivity contribution >= 4 is 11.9 Å². The van der Waals surface area contributed by atoms with Gasteiger partial charge in [0.25, 0.3) is 0 Å². The third kappa shape index (κ3) is 51.2. The highest BCUT2D eigenvalue weighted by atomic mass is 16.6. The van der Waals surface area contributed by atoms with Crippen LogP contribution in [-0.2, 0) is 23.8 Å². The largest absolute Gasteiger partial charge is 0.462 e. The van der Waals surface area contributed by atoms with Gasteiger partial charge in [-0.15, -0.1) is 0 Å². The average Bonchev–Trinajstić information content (AvgIpc) is 3.30. The molecule has 0 amide bonds. The van der Waals surface area contributed by atoms with Crippen molar-refractivity contribution < 1.29 is 23.8 Å². The predicted octanol–water partition coefficient (Wildman–Crippen LogP) is 18.0. The molecule has 5 heteroatoms. The third-order valence-corrected chi connectivity index (χ3v) is 10.8. The maximum absolute atomic E-state index is 12.8. The molecule has 0 aliphatic heterocycles. The summed E-state index contributed by atoms with van der Waals surface area (Å²) in [5, 5.41) is 0. The van der Waals surface area contributed by atoms with Gasteiger partial charge in [0.1, 0.15) is 6.61 Å². The van der Waals surface area contributed by atoms with Crippen molar-refractivity contribution in [3.05, 3.63) is 109 Å². The quantitative estimate of drug-likeness (QED) is 0.0346. The number of hydrogen-bond acceptors (Lipinski definition) is 5. The molecule has 64 heavy (non-hydrogen) atoms. The molecule has 1 unspecified atom stereocenters. The number of carbonyl (C=O) groups excluding carboxylic acids is 2. The van der Waals surface area contributed by atoms with E-state index in [4.69, 9.17) is 14.2 Å². The lowest BCUT2D eigenvalue weighted by molar-refractivity contribution is -0.163. The van der Waals surface area contributed by atoms with Crippen LogP contribution in [0.15, 0.2) is 109 Å². The maximum Gasteiger partial charge on any atom is 0.306 e. The summed E-state index contributed by atoms with van der Waals surface area (Å²) < 4.78 is 17.4. The smallest absolute Gasteiger partial charge is 0.306 e. The Labute approximate surface area is 395 Å². The number of rotatable bonds is 47. The molecule has 0 aromatic carbocycles. The van der Waals surface area contributed by atoms with Crippen LogP contribution >= 0.6 is 0 Å². The summed E-state index contributed by atoms with van der Waals surface area (Å²) in [6.45, 7) is 7.48. The normalized spacial score (nSPS) is 13.1. The molecule has 0 aliphatic carbocycles. The van der Waals surface area contributed by atoms with E-state index in [1.165, 1.54) is 70.6 Å². The molecule has 0 rings (SSSR count). The Morgan fingerprint density at radius 3 is 1.12 bits per heavy atom. The van der Waals surface area contributed by atoms with E-state index in [1.54, 1.807) is 0 Å². The average molecular weight is 887 g/mol. The zero-order valence-electron chi connectivity index (χ0n) is 41.8. The van der Waals surface area contributed by atoms with Gasteiger partial charge in [0.2, 0.25) is 0 Å². The Morgan fingerprint density at radius 1 is 0.359 bits per heavy atom. The van der Waals surface area contributed by atoms with Gasteiger partial charge in [0.05, 0.1) is 6.61 Å². The molecule has 0 heterocycles. The van der Waals surface area contributed by atoms with E-state index >= 15 is 0 Å². The highest BCUT2D eigenvalue weighted by Gasteiger charge is 2.17. The van der Waals surface area contributed by atoms with Gasteiger partial charge < -0.3 is 14.2 Å². The first kappa shape index (κ1) is 60.6. The van der Waals surface area contributed by atoms with Crippen molar-refractivity contribution in [1.82, 2.24) is 0 Å². The SMILES string of the molecule is CC/C=C\C/C=C\C/C=C\C/C=C\CCCCCCCCC(=O)OCC(COCCCCCCCC/C=C\C/C=C\CCC)OC(=O)CCCCCCC/C=C\C/C=C\C/C=C\CC. The maximum atomic E-state index is 12.8. The molecular formula is C59H98O5. The zero-order valence-corrected chi connectivity index (χ0v) is 41.8. The van der Waals surface area contributed by atoms with Crippen molar-refractivity contribution in [1.29, 1.82) is 0 Å². The molecule has 0 bridgehead atoms. The summed E-state index contributed by atoms with van der Waals surface area (Å²) in [7, 11) is 0. The molecule has 364 valence electrons. The number of hydrogen-bond donors (Lipinski definition) is 0. The number of carbonyl (C=O) groups is 2. The molecule has 5 nitrogen and oxygen atoms in total. The standard InChI is InChI=1S/C59H98O5/c1-4-7-10-13-16-19-22-25-28-29-30-31-33-34-37-40-43-46-49-52-58(60)63-56-57(55-62-54-51-48-45-42-39-36-27-24-21-18-15-12-9-6-3)64-59(61)53-50-47-44-41-38-35-32-26-23-20-17-14-11-8-5-2/h7-8,10-12,15-17,19-21,24-26,28,30-32,57H,4-6,9,13-14,18,22-23,27,29,33-56H2,1-3H3/b10-7-,11-8-,15-12-,19-16-,20-17-,24-21-,28-25-,31-30-,32-26-. The summed E-state index contributed by atoms with van der Waals surface area (Å²) in [6, 6.07) is 0. The van der Waals surface area contributed by atoms with Crippen LogP contribution in [0.25, 0.3) is 0 Å². The Morgan fingerprint density at radius 2 is 0.703 bits per heavy atom. The highest BCUT2D eigenvalue weighted by Crippen LogP contribution is 2.13. The van der Waals surface area contributed by atoms with Crippen LogP contribution < -0.4 is 0 Å². The summed E-state index contributed by atoms with van der Waals surface area (Å²) in [6.07, 6.45) is 73.8. The Kier molecular flexibility index (Phi) is 51.0. The van der Waals surface area contributed by atoms with Crippen LogP contribution in [0.1, 0.15) is 226 Å². The van der Waals surface area contributed by atoms with Gasteiger partial charge in [0.15, 0.2) is 6.10 Å². The van der Waals surface area contributed by atoms with Crippen molar-refractivity contribution in [3.8, 4) is 0 Å². The van der Waals surface area contributed by atoms with Gasteiger partial charge in [-0.05, 0) is 116 Å². The summed E-state index contributed by atoms with van der Waals surface area (Å²) in [4.78, 5) is 25.4. The number of allylic oxidation sites excluding steroid dienone is 18. The topological polar surface area (TPSA) is 61.8 Å². The fourth-order valence-electron chi connectivity index (χ4n) is 6.91. The van der Waals surface area contributed by atoms with Crippen LogP contribution in [0.2, 0.25) is 0 Å². The van der Waals surface area contributed by atoms with Gasteiger partial charge in [-0.25, -0.2) is 0 Å². The van der Waals surface area contributed by atoms with Crippen molar-refractivity contribution in [2.24, 2.45) is 0 Å². The Bertz CT molecular complexity index is 1280. The van der Waals surface area contributed by atoms with Gasteiger partial charge in [-0.3, -0.25) is 9.59 Å². The van der Waals surface area contributed by atoms with Crippen LogP contribution in [-0.4, -0.2) is 37.9 Å². The summed E-state index contributed by atoms with van der Waals surface area (Å²) in [5.74, 6) is -0.443. The van der Waals surface area contributed by atoms with E-state index in [0.717, 1.165) is 122 Å². The van der Waals surface area contributed by atoms with Crippen LogP contribution in [0.5, 0.6) is 0 Å². The molecule has 0 saturated carbocycles. The lowest BCUT2D eigenvalue weighted by atomic mass is 10.1. The van der Waals surface area contributed by atoms with E-state index in [2.05, 4.69) is 130 Å². The predicted molar refractivity (Wildman–Crippen MR) is 279 cm³/mol. The van der Waals surface area contributed by atoms with Crippen LogP contribution in [0.4, 0.5) is 0 Å². The fraction of sp³-hybridized carbons (Fsp3) is 0.661. The molecule has 0 radical (unpaired) electrons. The first-order valence-electron chi connectivity index (χ1n) is 26.4. The van der Waals surface area contributed by atoms with E-state index in [1.807, 2.05) is 0 Å². The zero-order chi connectivity index (χ0) is 46.3. The second-order valence-electron chi connectivity index (χ2n) is 17.0. The Hall–Kier alpha value is -3.44. The molecule has 0 aromatic heterocycles. The number of unbranched alkanes of at least 4 members (excludes halogenated alkanes) is 18. The number of esters is 2. The van der Waals surface area contributed by atoms with Gasteiger partial charge in [-0.2, -0.15) is 0 Å². The van der Waals surface area contributed by atoms with E-state index in [9.17, 15) is 9.59 Å². The second kappa shape index (κ2) is 53.9. The molecule has 0 aromatic rings. The molecular weight excluding hydrogens is 789 g/mol. The van der Waals surface area contributed by atoms with Crippen LogP contribution in [0, 0.1) is 0 Å². The lowest BCUT2D eigenvalue weighted by Crippen LogP contribution is -2.30. The van der Waals surface area contributed by atoms with Crippen molar-refractivity contribution in [2.45, 2.75) is 232 Å². The van der Waals surface area contributed by atoms with E-state index in [-0.39, 0.29) is 25.2 Å². The minimum Gasteiger partial charge on any atom is -0.462 e. The summed E-state index contributed by atoms with van der Waals surface area (Å²) >= 11 is 0. The minimum absolute atomic E-state index is 0.0601. The fourth-order valence-corrected chi connectivity index (χ4v) is 6.91. The van der Waals surface area contributed by atoms with Crippen molar-refractivity contribution in [2.75, 3.05) is 19.8 Å². The minimum atomic E-state index is -0.564. The van der Waals surface area contributed by atoms with Gasteiger partial charge in [0, 0.05) is 19.4 Å². The number of ether oxygens (including phenoxy) is 3. The first-order chi connectivity index (χ1) is 31.6. The first-order valence-corrected chi connectivity index (χ1v) is 26.4. The second-order valence-corrected chi connectivity index (χ2v) is 17.0. The van der Waals surface area contributed by atoms with Crippen molar-refractivity contribution in [3.63, 3.8) is 0 Å². The lowest BCUT2D eigenvalue weighted by Gasteiger charge is -2.18. The Balaban J connectivity index is 4.35. The molecule has 0 spiro atoms. The van der Waals surface area contributed by atoms with Crippen LogP contribution in [0.3, 0.4) is 0 Å². The highest BCUT2D eigenvalue weighted by molar-refractivity contribution is 5.70. The monoisotopic (exact) mass is 887 g/mol. The van der Waals surface area contributed by atoms with Gasteiger partial charge in [-0.1, -0.05) is 207 Å². The summed E-state index contributed by atoms with van der Waals surface area (Å²) in [5.41, 5.74) is 0. The van der Waals surface area contributed by atoms with E-state index in [0.29, 0.717) is 19.4 Å². The van der Waals surface area contributed by atoms with Gasteiger partial charge >= 0.3 is 11.9 Å². The molecule has 0 saturated heterocycles. The van der Waals surface area contributed by atoms with E-state index < -0.39 is 6.10 Å². The molecule has 0 N–H and O–H groups in total. The molecule has 1 atom stereocenters.